The Hall–Kier alpha value is -2.89. The Morgan fingerprint density at radius 2 is 2.00 bits per heavy atom. The lowest BCUT2D eigenvalue weighted by molar-refractivity contribution is 0.102. The summed E-state index contributed by atoms with van der Waals surface area (Å²) in [7, 11) is 0. The summed E-state index contributed by atoms with van der Waals surface area (Å²) < 4.78 is 1.93. The molecule has 0 atom stereocenters. The summed E-state index contributed by atoms with van der Waals surface area (Å²) >= 11 is 0. The van der Waals surface area contributed by atoms with Crippen molar-refractivity contribution in [3.63, 3.8) is 0 Å². The van der Waals surface area contributed by atoms with Crippen LogP contribution in [0.4, 0.5) is 5.82 Å². The number of H-pyrrole nitrogens is 1. The van der Waals surface area contributed by atoms with Crippen LogP contribution in [0.15, 0.2) is 30.3 Å². The minimum Gasteiger partial charge on any atom is -0.303 e. The van der Waals surface area contributed by atoms with Gasteiger partial charge in [-0.05, 0) is 45.2 Å². The second-order valence-electron chi connectivity index (χ2n) is 6.94. The topological polar surface area (TPSA) is 75.6 Å². The molecule has 0 aliphatic heterocycles. The van der Waals surface area contributed by atoms with Crippen molar-refractivity contribution in [1.82, 2.24) is 20.0 Å². The average Bonchev–Trinajstić information content (AvgIpc) is 3.29. The zero-order valence-electron chi connectivity index (χ0n) is 15.3. The van der Waals surface area contributed by atoms with E-state index in [1.165, 1.54) is 18.4 Å². The number of carbonyl (C=O) groups is 1. The minimum absolute atomic E-state index is 0.223. The van der Waals surface area contributed by atoms with Gasteiger partial charge in [-0.1, -0.05) is 29.8 Å². The van der Waals surface area contributed by atoms with Gasteiger partial charge in [-0.3, -0.25) is 14.6 Å². The van der Waals surface area contributed by atoms with Crippen LogP contribution in [0.3, 0.4) is 0 Å². The Morgan fingerprint density at radius 1 is 1.27 bits per heavy atom. The number of anilines is 1. The number of benzene rings is 1. The first-order valence-electron chi connectivity index (χ1n) is 9.08. The van der Waals surface area contributed by atoms with Crippen molar-refractivity contribution < 1.29 is 4.79 Å². The minimum atomic E-state index is -0.223. The molecular weight excluding hydrogens is 326 g/mol. The number of amides is 1. The maximum atomic E-state index is 12.7. The molecule has 26 heavy (non-hydrogen) atoms. The highest BCUT2D eigenvalue weighted by Gasteiger charge is 2.29. The smallest absolute Gasteiger partial charge is 0.277 e. The van der Waals surface area contributed by atoms with Gasteiger partial charge in [-0.2, -0.15) is 10.2 Å². The van der Waals surface area contributed by atoms with Crippen molar-refractivity contribution in [1.29, 1.82) is 0 Å². The zero-order valence-corrected chi connectivity index (χ0v) is 15.3. The van der Waals surface area contributed by atoms with E-state index in [1.54, 1.807) is 0 Å². The van der Waals surface area contributed by atoms with E-state index < -0.39 is 0 Å². The van der Waals surface area contributed by atoms with Crippen LogP contribution in [0.2, 0.25) is 0 Å². The summed E-state index contributed by atoms with van der Waals surface area (Å²) in [6.07, 6.45) is 2.37. The van der Waals surface area contributed by atoms with E-state index in [0.717, 1.165) is 29.1 Å². The summed E-state index contributed by atoms with van der Waals surface area (Å²) in [6, 6.07) is 10.1. The molecule has 1 aliphatic rings. The van der Waals surface area contributed by atoms with Crippen LogP contribution in [-0.2, 0) is 6.54 Å². The molecule has 0 bridgehead atoms. The molecule has 1 fully saturated rings. The van der Waals surface area contributed by atoms with Gasteiger partial charge < -0.3 is 5.32 Å². The van der Waals surface area contributed by atoms with Crippen LogP contribution in [-0.4, -0.2) is 25.9 Å². The van der Waals surface area contributed by atoms with Crippen LogP contribution in [0.5, 0.6) is 0 Å². The molecular formula is C20H23N5O. The van der Waals surface area contributed by atoms with Crippen LogP contribution >= 0.6 is 0 Å². The number of carbonyl (C=O) groups excluding carboxylic acids is 1. The lowest BCUT2D eigenvalue weighted by atomic mass is 10.0. The van der Waals surface area contributed by atoms with E-state index >= 15 is 0 Å². The van der Waals surface area contributed by atoms with Crippen LogP contribution < -0.4 is 5.32 Å². The van der Waals surface area contributed by atoms with E-state index in [0.29, 0.717) is 17.4 Å². The summed E-state index contributed by atoms with van der Waals surface area (Å²) in [5, 5.41) is 14.7. The molecule has 134 valence electrons. The van der Waals surface area contributed by atoms with E-state index in [1.807, 2.05) is 36.7 Å². The maximum absolute atomic E-state index is 12.7. The Kier molecular flexibility index (Phi) is 4.11. The van der Waals surface area contributed by atoms with Gasteiger partial charge in [-0.15, -0.1) is 0 Å². The van der Waals surface area contributed by atoms with Crippen LogP contribution in [0.25, 0.3) is 11.1 Å². The van der Waals surface area contributed by atoms with Gasteiger partial charge in [0, 0.05) is 29.4 Å². The SMILES string of the molecule is CCn1nc(C(=O)Nc2n[nH]c(C)c2-c2ccc(C)cc2)cc1C1CC1. The molecule has 1 aromatic carbocycles. The molecule has 0 unspecified atom stereocenters. The molecule has 3 aromatic rings. The highest BCUT2D eigenvalue weighted by molar-refractivity contribution is 6.04. The van der Waals surface area contributed by atoms with Gasteiger partial charge in [0.15, 0.2) is 11.5 Å². The number of aromatic nitrogens is 4. The van der Waals surface area contributed by atoms with Crippen molar-refractivity contribution in [2.45, 2.75) is 46.1 Å². The Morgan fingerprint density at radius 3 is 2.65 bits per heavy atom. The first-order valence-corrected chi connectivity index (χ1v) is 9.08. The molecule has 0 saturated heterocycles. The monoisotopic (exact) mass is 349 g/mol. The third-order valence-corrected chi connectivity index (χ3v) is 4.86. The van der Waals surface area contributed by atoms with Crippen molar-refractivity contribution in [2.75, 3.05) is 5.32 Å². The van der Waals surface area contributed by atoms with E-state index in [9.17, 15) is 4.79 Å². The maximum Gasteiger partial charge on any atom is 0.277 e. The molecule has 2 heterocycles. The molecule has 4 rings (SSSR count). The summed E-state index contributed by atoms with van der Waals surface area (Å²) in [5.41, 5.74) is 5.66. The van der Waals surface area contributed by atoms with Crippen LogP contribution in [0, 0.1) is 13.8 Å². The lowest BCUT2D eigenvalue weighted by Crippen LogP contribution is -2.14. The zero-order chi connectivity index (χ0) is 18.3. The standard InChI is InChI=1S/C20H23N5O/c1-4-25-17(14-9-10-14)11-16(24-25)20(26)21-19-18(13(3)22-23-19)15-7-5-12(2)6-8-15/h5-8,11,14H,4,9-10H2,1-3H3,(H2,21,22,23,26). The van der Waals surface area contributed by atoms with Gasteiger partial charge in [0.05, 0.1) is 0 Å². The summed E-state index contributed by atoms with van der Waals surface area (Å²) in [4.78, 5) is 12.7. The van der Waals surface area contributed by atoms with Crippen molar-refractivity contribution >= 4 is 11.7 Å². The number of hydrogen-bond donors (Lipinski definition) is 2. The summed E-state index contributed by atoms with van der Waals surface area (Å²) in [6.45, 7) is 6.83. The largest absolute Gasteiger partial charge is 0.303 e. The highest BCUT2D eigenvalue weighted by Crippen LogP contribution is 2.40. The number of aromatic amines is 1. The third kappa shape index (κ3) is 3.03. The molecule has 0 radical (unpaired) electrons. The van der Waals surface area contributed by atoms with Gasteiger partial charge >= 0.3 is 0 Å². The highest BCUT2D eigenvalue weighted by atomic mass is 16.2. The lowest BCUT2D eigenvalue weighted by Gasteiger charge is -2.06. The van der Waals surface area contributed by atoms with Gasteiger partial charge in [-0.25, -0.2) is 0 Å². The second-order valence-corrected chi connectivity index (χ2v) is 6.94. The van der Waals surface area contributed by atoms with E-state index in [2.05, 4.69) is 39.7 Å². The number of hydrogen-bond acceptors (Lipinski definition) is 3. The quantitative estimate of drug-likeness (QED) is 0.730. The Labute approximate surface area is 152 Å². The summed E-state index contributed by atoms with van der Waals surface area (Å²) in [5.74, 6) is 0.870. The second kappa shape index (κ2) is 6.44. The van der Waals surface area contributed by atoms with Gasteiger partial charge in [0.1, 0.15) is 0 Å². The first kappa shape index (κ1) is 16.6. The first-order chi connectivity index (χ1) is 12.6. The molecule has 6 nitrogen and oxygen atoms in total. The molecule has 2 aromatic heterocycles. The fourth-order valence-corrected chi connectivity index (χ4v) is 3.27. The number of rotatable bonds is 5. The number of nitrogens with zero attached hydrogens (tertiary/aromatic N) is 3. The molecule has 1 aliphatic carbocycles. The number of aryl methyl sites for hydroxylation is 3. The molecule has 1 amide bonds. The molecule has 6 heteroatoms. The third-order valence-electron chi connectivity index (χ3n) is 4.86. The van der Waals surface area contributed by atoms with E-state index in [4.69, 9.17) is 0 Å². The van der Waals surface area contributed by atoms with Crippen molar-refractivity contribution in [2.24, 2.45) is 0 Å². The Balaban J connectivity index is 1.62. The fraction of sp³-hybridized carbons (Fsp3) is 0.350. The fourth-order valence-electron chi connectivity index (χ4n) is 3.27. The predicted molar refractivity (Wildman–Crippen MR) is 101 cm³/mol. The predicted octanol–water partition coefficient (Wildman–Crippen LogP) is 4.04. The van der Waals surface area contributed by atoms with Gasteiger partial charge in [0.25, 0.3) is 5.91 Å². The van der Waals surface area contributed by atoms with Crippen molar-refractivity contribution in [3.05, 3.63) is 53.0 Å². The molecule has 0 spiro atoms. The van der Waals surface area contributed by atoms with E-state index in [-0.39, 0.29) is 5.91 Å². The van der Waals surface area contributed by atoms with Crippen molar-refractivity contribution in [3.8, 4) is 11.1 Å². The van der Waals surface area contributed by atoms with Crippen LogP contribution in [0.1, 0.15) is 53.1 Å². The molecule has 2 N–H and O–H groups in total. The van der Waals surface area contributed by atoms with Gasteiger partial charge in [0.2, 0.25) is 0 Å². The molecule has 1 saturated carbocycles. The Bertz CT molecular complexity index is 947. The average molecular weight is 349 g/mol. The number of nitrogens with one attached hydrogen (secondary N) is 2. The normalized spacial score (nSPS) is 13.8.